The van der Waals surface area contributed by atoms with Crippen LogP contribution in [0.5, 0.6) is 0 Å². The van der Waals surface area contributed by atoms with Crippen LogP contribution in [0.1, 0.15) is 13.3 Å². The minimum atomic E-state index is -0.467. The summed E-state index contributed by atoms with van der Waals surface area (Å²) in [6, 6.07) is 6.94. The van der Waals surface area contributed by atoms with Crippen LogP contribution in [0, 0.1) is 5.92 Å². The number of carbonyl (C=O) groups excluding carboxylic acids is 3. The molecular formula is C18H21N5O4S2. The van der Waals surface area contributed by atoms with Gasteiger partial charge in [0.05, 0.1) is 12.5 Å². The maximum absolute atomic E-state index is 12.6. The highest BCUT2D eigenvalue weighted by Crippen LogP contribution is 2.29. The summed E-state index contributed by atoms with van der Waals surface area (Å²) < 4.78 is 5.74. The van der Waals surface area contributed by atoms with Crippen molar-refractivity contribution in [2.45, 2.75) is 17.7 Å². The van der Waals surface area contributed by atoms with Gasteiger partial charge in [-0.3, -0.25) is 14.4 Å². The number of rotatable bonds is 8. The number of amides is 3. The lowest BCUT2D eigenvalue weighted by atomic mass is 10.1. The maximum atomic E-state index is 12.6. The van der Waals surface area contributed by atoms with Gasteiger partial charge in [0.1, 0.15) is 0 Å². The van der Waals surface area contributed by atoms with Crippen molar-refractivity contribution in [1.82, 2.24) is 10.2 Å². The van der Waals surface area contributed by atoms with Crippen LogP contribution in [0.4, 0.5) is 16.5 Å². The molecule has 3 rings (SSSR count). The van der Waals surface area contributed by atoms with Gasteiger partial charge < -0.3 is 20.3 Å². The molecule has 0 spiro atoms. The van der Waals surface area contributed by atoms with E-state index in [0.717, 1.165) is 10.1 Å². The lowest BCUT2D eigenvalue weighted by molar-refractivity contribution is -0.122. The van der Waals surface area contributed by atoms with Gasteiger partial charge in [0.15, 0.2) is 4.34 Å². The summed E-state index contributed by atoms with van der Waals surface area (Å²) in [6.45, 7) is 2.33. The van der Waals surface area contributed by atoms with E-state index in [9.17, 15) is 14.4 Å². The Kier molecular flexibility index (Phi) is 7.18. The molecule has 1 aromatic heterocycles. The lowest BCUT2D eigenvalue weighted by Gasteiger charge is -2.17. The van der Waals surface area contributed by atoms with Crippen molar-refractivity contribution in [3.8, 4) is 0 Å². The quantitative estimate of drug-likeness (QED) is 0.371. The number of carbonyl (C=O) groups is 3. The van der Waals surface area contributed by atoms with Gasteiger partial charge in [-0.2, -0.15) is 0 Å². The number of nitrogens with zero attached hydrogens (tertiary/aromatic N) is 3. The zero-order valence-electron chi connectivity index (χ0n) is 16.0. The zero-order chi connectivity index (χ0) is 20.8. The van der Waals surface area contributed by atoms with Gasteiger partial charge >= 0.3 is 0 Å². The van der Waals surface area contributed by atoms with Crippen molar-refractivity contribution >= 4 is 57.3 Å². The first-order chi connectivity index (χ1) is 14.0. The Labute approximate surface area is 176 Å². The molecule has 2 heterocycles. The summed E-state index contributed by atoms with van der Waals surface area (Å²) >= 11 is 2.80. The molecule has 0 aliphatic carbocycles. The van der Waals surface area contributed by atoms with Gasteiger partial charge in [-0.25, -0.2) is 0 Å². The molecule has 1 atom stereocenters. The predicted molar refractivity (Wildman–Crippen MR) is 112 cm³/mol. The average Bonchev–Trinajstić information content (AvgIpc) is 3.29. The highest BCUT2D eigenvalue weighted by Gasteiger charge is 2.35. The fraction of sp³-hybridized carbons (Fsp3) is 0.389. The Balaban J connectivity index is 1.56. The molecule has 1 aliphatic heterocycles. The van der Waals surface area contributed by atoms with Crippen molar-refractivity contribution in [1.29, 1.82) is 0 Å². The minimum absolute atomic E-state index is 0.120. The van der Waals surface area contributed by atoms with Crippen molar-refractivity contribution < 1.29 is 19.1 Å². The van der Waals surface area contributed by atoms with Crippen LogP contribution < -0.4 is 15.5 Å². The summed E-state index contributed by atoms with van der Waals surface area (Å²) in [5.74, 6) is -0.244. The number of anilines is 3. The number of ether oxygens (including phenoxy) is 1. The Morgan fingerprint density at radius 3 is 2.72 bits per heavy atom. The minimum Gasteiger partial charge on any atom is -0.384 e. The van der Waals surface area contributed by atoms with Crippen molar-refractivity contribution in [2.24, 2.45) is 5.92 Å². The first-order valence-corrected chi connectivity index (χ1v) is 10.7. The van der Waals surface area contributed by atoms with Gasteiger partial charge in [0, 0.05) is 44.1 Å². The van der Waals surface area contributed by atoms with E-state index >= 15 is 0 Å². The van der Waals surface area contributed by atoms with Crippen molar-refractivity contribution in [3.63, 3.8) is 0 Å². The summed E-state index contributed by atoms with van der Waals surface area (Å²) in [5.41, 5.74) is 1.34. The molecule has 1 fully saturated rings. The van der Waals surface area contributed by atoms with Gasteiger partial charge in [-0.1, -0.05) is 23.1 Å². The second-order valence-corrected chi connectivity index (χ2v) is 8.66. The third-order valence-corrected chi connectivity index (χ3v) is 6.08. The lowest BCUT2D eigenvalue weighted by Crippen LogP contribution is -2.28. The van der Waals surface area contributed by atoms with E-state index < -0.39 is 5.92 Å². The SMILES string of the molecule is COCCSc1nnc(NC(=O)C2CC(=O)N(c3ccc(NC(C)=O)cc3)C2)s1. The Morgan fingerprint density at radius 2 is 2.03 bits per heavy atom. The van der Waals surface area contributed by atoms with Gasteiger partial charge in [-0.05, 0) is 24.3 Å². The molecule has 1 unspecified atom stereocenters. The van der Waals surface area contributed by atoms with Crippen LogP contribution in [-0.2, 0) is 19.1 Å². The van der Waals surface area contributed by atoms with E-state index in [0.29, 0.717) is 29.7 Å². The molecule has 29 heavy (non-hydrogen) atoms. The molecule has 1 saturated heterocycles. The van der Waals surface area contributed by atoms with Gasteiger partial charge in [-0.15, -0.1) is 10.2 Å². The second-order valence-electron chi connectivity index (χ2n) is 6.34. The summed E-state index contributed by atoms with van der Waals surface area (Å²) in [7, 11) is 1.63. The average molecular weight is 436 g/mol. The Morgan fingerprint density at radius 1 is 1.28 bits per heavy atom. The van der Waals surface area contributed by atoms with Crippen molar-refractivity contribution in [3.05, 3.63) is 24.3 Å². The van der Waals surface area contributed by atoms with E-state index in [1.165, 1.54) is 30.0 Å². The first-order valence-electron chi connectivity index (χ1n) is 8.90. The molecule has 1 aliphatic rings. The van der Waals surface area contributed by atoms with E-state index in [1.807, 2.05) is 0 Å². The standard InChI is InChI=1S/C18H21N5O4S2/c1-11(24)19-13-3-5-14(6-4-13)23-10-12(9-15(23)25)16(26)20-17-21-22-18(29-17)28-8-7-27-2/h3-6,12H,7-10H2,1-2H3,(H,19,24)(H,20,21,26). The maximum Gasteiger partial charge on any atom is 0.231 e. The van der Waals surface area contributed by atoms with E-state index in [1.54, 1.807) is 36.3 Å². The van der Waals surface area contributed by atoms with Crippen LogP contribution in [0.2, 0.25) is 0 Å². The Hall–Kier alpha value is -2.50. The van der Waals surface area contributed by atoms with Crippen LogP contribution in [0.15, 0.2) is 28.6 Å². The summed E-state index contributed by atoms with van der Waals surface area (Å²) in [6.07, 6.45) is 0.132. The number of nitrogens with one attached hydrogen (secondary N) is 2. The molecule has 0 bridgehead atoms. The molecule has 0 saturated carbocycles. The predicted octanol–water partition coefficient (Wildman–Crippen LogP) is 2.23. The van der Waals surface area contributed by atoms with E-state index in [4.69, 9.17) is 4.74 Å². The molecule has 0 radical (unpaired) electrons. The monoisotopic (exact) mass is 435 g/mol. The first kappa shape index (κ1) is 21.2. The summed E-state index contributed by atoms with van der Waals surface area (Å²) in [5, 5.41) is 13.9. The smallest absolute Gasteiger partial charge is 0.231 e. The molecule has 3 amide bonds. The largest absolute Gasteiger partial charge is 0.384 e. The van der Waals surface area contributed by atoms with Crippen LogP contribution in [-0.4, -0.2) is 53.9 Å². The number of methoxy groups -OCH3 is 1. The molecular weight excluding hydrogens is 414 g/mol. The molecule has 2 aromatic rings. The van der Waals surface area contributed by atoms with E-state index in [-0.39, 0.29) is 24.1 Å². The normalized spacial score (nSPS) is 16.1. The number of aromatic nitrogens is 2. The van der Waals surface area contributed by atoms with Gasteiger partial charge in [0.2, 0.25) is 22.9 Å². The fourth-order valence-electron chi connectivity index (χ4n) is 2.80. The summed E-state index contributed by atoms with van der Waals surface area (Å²) in [4.78, 5) is 37.6. The molecule has 9 nitrogen and oxygen atoms in total. The molecule has 11 heteroatoms. The highest BCUT2D eigenvalue weighted by molar-refractivity contribution is 8.01. The second kappa shape index (κ2) is 9.81. The highest BCUT2D eigenvalue weighted by atomic mass is 32.2. The van der Waals surface area contributed by atoms with E-state index in [2.05, 4.69) is 20.8 Å². The van der Waals surface area contributed by atoms with Crippen molar-refractivity contribution in [2.75, 3.05) is 41.5 Å². The fourth-order valence-corrected chi connectivity index (χ4v) is 4.53. The Bertz CT molecular complexity index is 887. The zero-order valence-corrected chi connectivity index (χ0v) is 17.6. The van der Waals surface area contributed by atoms with Gasteiger partial charge in [0.25, 0.3) is 0 Å². The molecule has 1 aromatic carbocycles. The molecule has 154 valence electrons. The topological polar surface area (TPSA) is 114 Å². The van der Waals surface area contributed by atoms with Crippen LogP contribution in [0.25, 0.3) is 0 Å². The third-order valence-electron chi connectivity index (χ3n) is 4.14. The number of benzene rings is 1. The number of hydrogen-bond acceptors (Lipinski definition) is 8. The van der Waals surface area contributed by atoms with Crippen LogP contribution in [0.3, 0.4) is 0 Å². The number of thioether (sulfide) groups is 1. The third kappa shape index (κ3) is 5.75. The molecule has 2 N–H and O–H groups in total. The van der Waals surface area contributed by atoms with Crippen LogP contribution >= 0.6 is 23.1 Å². The number of hydrogen-bond donors (Lipinski definition) is 2.